The number of fused-ring (bicyclic) bond motifs is 3. The summed E-state index contributed by atoms with van der Waals surface area (Å²) in [5, 5.41) is 13.8. The number of allylic oxidation sites excluding steroid dienone is 2. The van der Waals surface area contributed by atoms with E-state index >= 15 is 0 Å². The smallest absolute Gasteiger partial charge is 0.337 e. The van der Waals surface area contributed by atoms with Gasteiger partial charge in [-0.3, -0.25) is 0 Å². The van der Waals surface area contributed by atoms with Crippen molar-refractivity contribution in [3.05, 3.63) is 74.7 Å². The fourth-order valence-electron chi connectivity index (χ4n) is 3.83. The molecule has 0 fully saturated rings. The highest BCUT2D eigenvalue weighted by molar-refractivity contribution is 9.10. The Morgan fingerprint density at radius 2 is 2.00 bits per heavy atom. The van der Waals surface area contributed by atoms with Gasteiger partial charge in [0.05, 0.1) is 17.3 Å². The minimum atomic E-state index is -0.921. The predicted octanol–water partition coefficient (Wildman–Crippen LogP) is 5.63. The van der Waals surface area contributed by atoms with E-state index in [1.807, 2.05) is 30.3 Å². The molecule has 0 saturated carbocycles. The van der Waals surface area contributed by atoms with E-state index in [4.69, 9.17) is 11.6 Å². The molecule has 0 bridgehead atoms. The second-order valence-corrected chi connectivity index (χ2v) is 7.60. The number of hydrogen-bond acceptors (Lipinski definition) is 2. The number of carbonyl (C=O) groups is 1. The number of carboxylic acids is 1. The van der Waals surface area contributed by atoms with Gasteiger partial charge in [-0.2, -0.15) is 0 Å². The van der Waals surface area contributed by atoms with Crippen molar-refractivity contribution < 1.29 is 9.90 Å². The molecule has 2 N–H and O–H groups in total. The van der Waals surface area contributed by atoms with Gasteiger partial charge in [0.2, 0.25) is 0 Å². The molecule has 3 nitrogen and oxygen atoms in total. The number of hydrogen-bond donors (Lipinski definition) is 2. The van der Waals surface area contributed by atoms with Crippen LogP contribution in [0, 0.1) is 5.92 Å². The molecule has 1 aliphatic heterocycles. The normalized spacial score (nSPS) is 24.2. The average Bonchev–Trinajstić information content (AvgIpc) is 3.04. The van der Waals surface area contributed by atoms with Crippen molar-refractivity contribution in [2.45, 2.75) is 18.4 Å². The molecule has 2 aromatic carbocycles. The van der Waals surface area contributed by atoms with E-state index in [1.54, 1.807) is 6.07 Å². The lowest BCUT2D eigenvalue weighted by atomic mass is 9.76. The van der Waals surface area contributed by atoms with Gasteiger partial charge in [-0.15, -0.1) is 0 Å². The Labute approximate surface area is 153 Å². The van der Waals surface area contributed by atoms with Crippen LogP contribution in [0.3, 0.4) is 0 Å². The van der Waals surface area contributed by atoms with Gasteiger partial charge in [0.1, 0.15) is 0 Å². The first-order chi connectivity index (χ1) is 11.5. The van der Waals surface area contributed by atoms with Crippen molar-refractivity contribution in [3.63, 3.8) is 0 Å². The molecule has 5 heteroatoms. The molecule has 1 heterocycles. The third-order valence-electron chi connectivity index (χ3n) is 4.89. The highest BCUT2D eigenvalue weighted by atomic mass is 79.9. The first kappa shape index (κ1) is 15.7. The topological polar surface area (TPSA) is 49.3 Å². The molecular weight excluding hydrogens is 390 g/mol. The number of rotatable bonds is 2. The molecule has 24 heavy (non-hydrogen) atoms. The third kappa shape index (κ3) is 2.54. The maximum atomic E-state index is 11.7. The largest absolute Gasteiger partial charge is 0.478 e. The van der Waals surface area contributed by atoms with Gasteiger partial charge < -0.3 is 10.4 Å². The van der Waals surface area contributed by atoms with Crippen LogP contribution in [0.1, 0.15) is 39.9 Å². The van der Waals surface area contributed by atoms with Crippen molar-refractivity contribution in [2.75, 3.05) is 5.32 Å². The number of aromatic carboxylic acids is 1. The van der Waals surface area contributed by atoms with Gasteiger partial charge in [0, 0.05) is 15.4 Å². The molecule has 0 unspecified atom stereocenters. The van der Waals surface area contributed by atoms with Crippen LogP contribution in [0.5, 0.6) is 0 Å². The first-order valence-electron chi connectivity index (χ1n) is 7.80. The Hall–Kier alpha value is -1.78. The minimum absolute atomic E-state index is 0.0639. The predicted molar refractivity (Wildman–Crippen MR) is 98.9 cm³/mol. The van der Waals surface area contributed by atoms with E-state index in [9.17, 15) is 9.90 Å². The fraction of sp³-hybridized carbons (Fsp3) is 0.211. The molecular formula is C19H15BrClNO2. The summed E-state index contributed by atoms with van der Waals surface area (Å²) in [4.78, 5) is 11.7. The Balaban J connectivity index is 1.86. The van der Waals surface area contributed by atoms with Crippen molar-refractivity contribution in [1.82, 2.24) is 0 Å². The maximum absolute atomic E-state index is 11.7. The fourth-order valence-corrected chi connectivity index (χ4v) is 4.43. The third-order valence-corrected chi connectivity index (χ3v) is 5.60. The Kier molecular flexibility index (Phi) is 3.89. The summed E-state index contributed by atoms with van der Waals surface area (Å²) in [6.07, 6.45) is 5.36. The summed E-state index contributed by atoms with van der Waals surface area (Å²) in [7, 11) is 0. The maximum Gasteiger partial charge on any atom is 0.337 e. The van der Waals surface area contributed by atoms with Crippen molar-refractivity contribution >= 4 is 39.2 Å². The molecule has 2 aliphatic rings. The first-order valence-corrected chi connectivity index (χ1v) is 8.97. The van der Waals surface area contributed by atoms with E-state index in [1.165, 1.54) is 0 Å². The Bertz CT molecular complexity index is 847. The summed E-state index contributed by atoms with van der Waals surface area (Å²) in [5.41, 5.74) is 3.20. The van der Waals surface area contributed by atoms with Crippen LogP contribution in [0.4, 0.5) is 5.69 Å². The zero-order valence-electron chi connectivity index (χ0n) is 12.7. The SMILES string of the molecule is O=C(O)c1cc(Br)cc2c1N[C@@H](c1ccc(Cl)cc1)[C@@H]1CC=C[C@@H]21. The summed E-state index contributed by atoms with van der Waals surface area (Å²) in [6, 6.07) is 11.5. The zero-order valence-corrected chi connectivity index (χ0v) is 15.0. The highest BCUT2D eigenvalue weighted by Gasteiger charge is 2.39. The second kappa shape index (κ2) is 5.94. The molecule has 1 aliphatic carbocycles. The summed E-state index contributed by atoms with van der Waals surface area (Å²) in [5.74, 6) is -0.331. The molecule has 2 aromatic rings. The van der Waals surface area contributed by atoms with E-state index in [0.717, 1.165) is 27.7 Å². The lowest BCUT2D eigenvalue weighted by Crippen LogP contribution is -2.30. The number of anilines is 1. The molecule has 122 valence electrons. The Morgan fingerprint density at radius 3 is 2.71 bits per heavy atom. The van der Waals surface area contributed by atoms with Crippen LogP contribution >= 0.6 is 27.5 Å². The standard InChI is InChI=1S/C19H15BrClNO2/c20-11-8-15-13-2-1-3-14(13)17(10-4-6-12(21)7-5-10)22-18(15)16(9-11)19(23)24/h1-2,4-9,13-14,17,22H,3H2,(H,23,24)/t13-,14-,17+/m1/s1. The average molecular weight is 405 g/mol. The number of carboxylic acid groups (broad SMARTS) is 1. The monoisotopic (exact) mass is 403 g/mol. The van der Waals surface area contributed by atoms with Crippen molar-refractivity contribution in [1.29, 1.82) is 0 Å². The Morgan fingerprint density at radius 1 is 1.25 bits per heavy atom. The van der Waals surface area contributed by atoms with Gasteiger partial charge in [0.25, 0.3) is 0 Å². The summed E-state index contributed by atoms with van der Waals surface area (Å²) >= 11 is 9.46. The highest BCUT2D eigenvalue weighted by Crippen LogP contribution is 2.51. The van der Waals surface area contributed by atoms with Crippen LogP contribution < -0.4 is 5.32 Å². The van der Waals surface area contributed by atoms with Crippen LogP contribution in [-0.2, 0) is 0 Å². The van der Waals surface area contributed by atoms with E-state index in [0.29, 0.717) is 16.5 Å². The molecule has 0 amide bonds. The molecule has 0 aromatic heterocycles. The van der Waals surface area contributed by atoms with Gasteiger partial charge in [0.15, 0.2) is 0 Å². The van der Waals surface area contributed by atoms with E-state index in [-0.39, 0.29) is 12.0 Å². The molecule has 0 spiro atoms. The lowest BCUT2D eigenvalue weighted by Gasteiger charge is -2.38. The quantitative estimate of drug-likeness (QED) is 0.638. The van der Waals surface area contributed by atoms with Crippen LogP contribution in [0.15, 0.2) is 53.0 Å². The lowest BCUT2D eigenvalue weighted by molar-refractivity contribution is 0.0697. The zero-order chi connectivity index (χ0) is 16.8. The van der Waals surface area contributed by atoms with Gasteiger partial charge in [-0.25, -0.2) is 4.79 Å². The molecule has 3 atom stereocenters. The summed E-state index contributed by atoms with van der Waals surface area (Å²) < 4.78 is 0.796. The van der Waals surface area contributed by atoms with Crippen molar-refractivity contribution in [2.24, 2.45) is 5.92 Å². The van der Waals surface area contributed by atoms with Crippen LogP contribution in [0.25, 0.3) is 0 Å². The summed E-state index contributed by atoms with van der Waals surface area (Å²) in [6.45, 7) is 0. The van der Waals surface area contributed by atoms with Gasteiger partial charge in [-0.1, -0.05) is 51.8 Å². The van der Waals surface area contributed by atoms with E-state index < -0.39 is 5.97 Å². The number of benzene rings is 2. The van der Waals surface area contributed by atoms with E-state index in [2.05, 4.69) is 33.4 Å². The van der Waals surface area contributed by atoms with Crippen molar-refractivity contribution in [3.8, 4) is 0 Å². The minimum Gasteiger partial charge on any atom is -0.478 e. The van der Waals surface area contributed by atoms with Gasteiger partial charge in [-0.05, 0) is 47.7 Å². The molecule has 4 rings (SSSR count). The number of halogens is 2. The second-order valence-electron chi connectivity index (χ2n) is 6.25. The van der Waals surface area contributed by atoms with Gasteiger partial charge >= 0.3 is 5.97 Å². The molecule has 0 radical (unpaired) electrons. The number of nitrogens with one attached hydrogen (secondary N) is 1. The van der Waals surface area contributed by atoms with Crippen LogP contribution in [-0.4, -0.2) is 11.1 Å². The molecule has 0 saturated heterocycles. The van der Waals surface area contributed by atoms with Crippen LogP contribution in [0.2, 0.25) is 5.02 Å².